The predicted molar refractivity (Wildman–Crippen MR) is 132 cm³/mol. The Hall–Kier alpha value is -3.69. The highest BCUT2D eigenvalue weighted by atomic mass is 35.5. The van der Waals surface area contributed by atoms with Gasteiger partial charge in [0.2, 0.25) is 0 Å². The number of Topliss-reactive ketones (excluding diaryl/α,β-unsaturated/α-hetero) is 1. The third-order valence-electron chi connectivity index (χ3n) is 5.40. The first-order valence-electron chi connectivity index (χ1n) is 10.6. The van der Waals surface area contributed by atoms with Crippen LogP contribution < -0.4 is 9.64 Å². The van der Waals surface area contributed by atoms with Crippen molar-refractivity contribution in [1.82, 2.24) is 4.98 Å². The van der Waals surface area contributed by atoms with E-state index < -0.39 is 23.7 Å². The number of aryl methyl sites for hydroxylation is 1. The lowest BCUT2D eigenvalue weighted by molar-refractivity contribution is -0.132. The highest BCUT2D eigenvalue weighted by molar-refractivity contribution is 7.17. The average Bonchev–Trinajstić information content (AvgIpc) is 3.35. The van der Waals surface area contributed by atoms with Crippen LogP contribution in [-0.4, -0.2) is 41.5 Å². The van der Waals surface area contributed by atoms with Crippen molar-refractivity contribution in [3.63, 3.8) is 0 Å². The zero-order valence-electron chi connectivity index (χ0n) is 19.1. The molecule has 0 radical (unpaired) electrons. The van der Waals surface area contributed by atoms with E-state index in [4.69, 9.17) is 21.1 Å². The Morgan fingerprint density at radius 2 is 1.94 bits per heavy atom. The van der Waals surface area contributed by atoms with Gasteiger partial charge in [0.25, 0.3) is 5.78 Å². The summed E-state index contributed by atoms with van der Waals surface area (Å²) in [5.74, 6) is -2.24. The molecule has 1 aliphatic heterocycles. The van der Waals surface area contributed by atoms with Crippen molar-refractivity contribution >= 4 is 51.5 Å². The SMILES string of the molecule is CCOC(=O)c1sc(N2C(=O)C(=O)/C(=C(/O)c3cccc(OC)c3)C2c2cccc(Cl)c2)nc1C. The maximum Gasteiger partial charge on any atom is 0.350 e. The Kier molecular flexibility index (Phi) is 6.90. The van der Waals surface area contributed by atoms with Crippen LogP contribution in [0.4, 0.5) is 5.13 Å². The van der Waals surface area contributed by atoms with Gasteiger partial charge < -0.3 is 14.6 Å². The molecule has 0 aliphatic carbocycles. The maximum atomic E-state index is 13.3. The number of hydrogen-bond donors (Lipinski definition) is 1. The van der Waals surface area contributed by atoms with Crippen molar-refractivity contribution in [1.29, 1.82) is 0 Å². The highest BCUT2D eigenvalue weighted by Crippen LogP contribution is 2.44. The zero-order valence-corrected chi connectivity index (χ0v) is 20.6. The van der Waals surface area contributed by atoms with Crippen LogP contribution in [0, 0.1) is 6.92 Å². The van der Waals surface area contributed by atoms with Crippen LogP contribution in [0.15, 0.2) is 54.1 Å². The monoisotopic (exact) mass is 512 g/mol. The molecule has 1 atom stereocenters. The van der Waals surface area contributed by atoms with Crippen molar-refractivity contribution in [2.45, 2.75) is 19.9 Å². The molecule has 180 valence electrons. The number of aliphatic hydroxyl groups excluding tert-OH is 1. The van der Waals surface area contributed by atoms with Crippen LogP contribution >= 0.6 is 22.9 Å². The molecule has 2 aromatic carbocycles. The molecule has 10 heteroatoms. The molecule has 4 rings (SSSR count). The number of aliphatic hydroxyl groups is 1. The molecule has 0 bridgehead atoms. The minimum atomic E-state index is -1.03. The number of anilines is 1. The van der Waals surface area contributed by atoms with Crippen LogP contribution in [0.1, 0.15) is 39.5 Å². The summed E-state index contributed by atoms with van der Waals surface area (Å²) in [6, 6.07) is 12.1. The number of thiazole rings is 1. The average molecular weight is 513 g/mol. The van der Waals surface area contributed by atoms with Gasteiger partial charge in [0, 0.05) is 10.6 Å². The number of benzene rings is 2. The fourth-order valence-corrected chi connectivity index (χ4v) is 5.01. The largest absolute Gasteiger partial charge is 0.507 e. The molecule has 35 heavy (non-hydrogen) atoms. The Balaban J connectivity index is 1.92. The second-order valence-corrected chi connectivity index (χ2v) is 9.00. The van der Waals surface area contributed by atoms with E-state index in [1.54, 1.807) is 62.4 Å². The summed E-state index contributed by atoms with van der Waals surface area (Å²) in [5, 5.41) is 11.7. The topological polar surface area (TPSA) is 106 Å². The number of nitrogens with zero attached hydrogens (tertiary/aromatic N) is 2. The number of hydrogen-bond acceptors (Lipinski definition) is 8. The highest BCUT2D eigenvalue weighted by Gasteiger charge is 2.48. The van der Waals surface area contributed by atoms with Crippen LogP contribution in [0.2, 0.25) is 5.02 Å². The van der Waals surface area contributed by atoms with Gasteiger partial charge in [0.15, 0.2) is 5.13 Å². The summed E-state index contributed by atoms with van der Waals surface area (Å²) in [5.41, 5.74) is 1.03. The fraction of sp³-hybridized carbons (Fsp3) is 0.200. The molecule has 0 saturated carbocycles. The summed E-state index contributed by atoms with van der Waals surface area (Å²) in [6.07, 6.45) is 0. The summed E-state index contributed by atoms with van der Waals surface area (Å²) >= 11 is 7.16. The second-order valence-electron chi connectivity index (χ2n) is 7.59. The van der Waals surface area contributed by atoms with Gasteiger partial charge in [0.1, 0.15) is 16.4 Å². The van der Waals surface area contributed by atoms with E-state index in [-0.39, 0.29) is 27.9 Å². The van der Waals surface area contributed by atoms with Gasteiger partial charge in [-0.05, 0) is 43.7 Å². The van der Waals surface area contributed by atoms with Crippen LogP contribution in [0.25, 0.3) is 5.76 Å². The number of aromatic nitrogens is 1. The number of carbonyl (C=O) groups is 3. The van der Waals surface area contributed by atoms with E-state index in [0.29, 0.717) is 27.6 Å². The van der Waals surface area contributed by atoms with Crippen LogP contribution in [0.5, 0.6) is 5.75 Å². The predicted octanol–water partition coefficient (Wildman–Crippen LogP) is 4.92. The van der Waals surface area contributed by atoms with Gasteiger partial charge in [-0.1, -0.05) is 47.2 Å². The molecule has 8 nitrogen and oxygen atoms in total. The minimum Gasteiger partial charge on any atom is -0.507 e. The number of carbonyl (C=O) groups excluding carboxylic acids is 3. The minimum absolute atomic E-state index is 0.127. The number of ether oxygens (including phenoxy) is 2. The van der Waals surface area contributed by atoms with Gasteiger partial charge in [-0.25, -0.2) is 9.78 Å². The van der Waals surface area contributed by atoms with E-state index in [1.165, 1.54) is 12.0 Å². The molecule has 1 aliphatic rings. The Labute approximate surface area is 210 Å². The number of esters is 1. The molecule has 1 fully saturated rings. The first-order valence-corrected chi connectivity index (χ1v) is 11.8. The summed E-state index contributed by atoms with van der Waals surface area (Å²) in [6.45, 7) is 3.48. The molecular weight excluding hydrogens is 492 g/mol. The summed E-state index contributed by atoms with van der Waals surface area (Å²) in [7, 11) is 1.48. The smallest absolute Gasteiger partial charge is 0.350 e. The van der Waals surface area contributed by atoms with E-state index in [1.807, 2.05) is 0 Å². The Morgan fingerprint density at radius 3 is 2.63 bits per heavy atom. The van der Waals surface area contributed by atoms with Crippen molar-refractivity contribution < 1.29 is 29.0 Å². The van der Waals surface area contributed by atoms with Crippen molar-refractivity contribution in [3.05, 3.63) is 80.8 Å². The number of rotatable bonds is 6. The lowest BCUT2D eigenvalue weighted by Crippen LogP contribution is -2.29. The van der Waals surface area contributed by atoms with E-state index in [2.05, 4.69) is 4.98 Å². The van der Waals surface area contributed by atoms with Crippen LogP contribution in [-0.2, 0) is 14.3 Å². The lowest BCUT2D eigenvalue weighted by atomic mass is 9.95. The van der Waals surface area contributed by atoms with E-state index >= 15 is 0 Å². The van der Waals surface area contributed by atoms with Gasteiger partial charge >= 0.3 is 11.9 Å². The Bertz CT molecular complexity index is 1370. The van der Waals surface area contributed by atoms with Gasteiger partial charge in [-0.15, -0.1) is 0 Å². The number of amides is 1. The fourth-order valence-electron chi connectivity index (χ4n) is 3.82. The molecule has 1 amide bonds. The Morgan fingerprint density at radius 1 is 1.20 bits per heavy atom. The molecule has 0 spiro atoms. The van der Waals surface area contributed by atoms with Gasteiger partial charge in [-0.3, -0.25) is 14.5 Å². The number of halogens is 1. The molecule has 3 aromatic rings. The van der Waals surface area contributed by atoms with Gasteiger partial charge in [-0.2, -0.15) is 0 Å². The normalized spacial score (nSPS) is 17.0. The maximum absolute atomic E-state index is 13.3. The standard InChI is InChI=1S/C25H21ClN2O6S/c1-4-34-24(32)22-13(2)27-25(35-22)28-19(14-7-5-9-16(26)11-14)18(21(30)23(28)31)20(29)15-8-6-10-17(12-15)33-3/h5-12,19,29H,4H2,1-3H3/b20-18+. The van der Waals surface area contributed by atoms with Crippen LogP contribution in [0.3, 0.4) is 0 Å². The van der Waals surface area contributed by atoms with Gasteiger partial charge in [0.05, 0.1) is 31.0 Å². The van der Waals surface area contributed by atoms with E-state index in [0.717, 1.165) is 11.3 Å². The second kappa shape index (κ2) is 9.89. The lowest BCUT2D eigenvalue weighted by Gasteiger charge is -2.23. The number of methoxy groups -OCH3 is 1. The van der Waals surface area contributed by atoms with Crippen molar-refractivity contribution in [2.24, 2.45) is 0 Å². The van der Waals surface area contributed by atoms with E-state index in [9.17, 15) is 19.5 Å². The molecule has 1 unspecified atom stereocenters. The third kappa shape index (κ3) is 4.52. The first-order chi connectivity index (χ1) is 16.8. The summed E-state index contributed by atoms with van der Waals surface area (Å²) < 4.78 is 10.3. The molecule has 2 heterocycles. The van der Waals surface area contributed by atoms with Crippen molar-refractivity contribution in [3.8, 4) is 5.75 Å². The zero-order chi connectivity index (χ0) is 25.3. The molecule has 1 aromatic heterocycles. The molecular formula is C25H21ClN2O6S. The summed E-state index contributed by atoms with van der Waals surface area (Å²) in [4.78, 5) is 44.7. The quantitative estimate of drug-likeness (QED) is 0.216. The molecule has 1 saturated heterocycles. The van der Waals surface area contributed by atoms with Crippen molar-refractivity contribution in [2.75, 3.05) is 18.6 Å². The number of ketones is 1. The molecule has 1 N–H and O–H groups in total. The first kappa shape index (κ1) is 24.4. The third-order valence-corrected chi connectivity index (χ3v) is 6.78.